The minimum Gasteiger partial charge on any atom is -0.436 e. The average molecular weight is 692 g/mol. The Morgan fingerprint density at radius 2 is 0.907 bits per heavy atom. The lowest BCUT2D eigenvalue weighted by molar-refractivity contribution is 0.281. The van der Waals surface area contributed by atoms with Gasteiger partial charge in [0.1, 0.15) is 0 Å². The Morgan fingerprint density at radius 1 is 0.535 bits per heavy atom. The summed E-state index contributed by atoms with van der Waals surface area (Å²) in [5.41, 5.74) is 4.26. The summed E-state index contributed by atoms with van der Waals surface area (Å²) >= 11 is 0. The monoisotopic (exact) mass is 691 g/mol. The summed E-state index contributed by atoms with van der Waals surface area (Å²) in [5, 5.41) is 9.05. The summed E-state index contributed by atoms with van der Waals surface area (Å²) in [5.74, 6) is 0. The molecule has 0 aliphatic heterocycles. The zero-order valence-electron chi connectivity index (χ0n) is 29.1. The van der Waals surface area contributed by atoms with E-state index in [1.54, 1.807) is 0 Å². The van der Waals surface area contributed by atoms with E-state index >= 15 is 0 Å². The van der Waals surface area contributed by atoms with Crippen molar-refractivity contribution in [2.45, 2.75) is 117 Å². The maximum absolute atomic E-state index is 9.05. The summed E-state index contributed by atoms with van der Waals surface area (Å²) in [6, 6.07) is 20.8. The number of hydrogen-bond acceptors (Lipinski definition) is 6. The molecule has 0 fully saturated rings. The summed E-state index contributed by atoms with van der Waals surface area (Å²) in [6.07, 6.45) is 3.37. The van der Waals surface area contributed by atoms with E-state index in [0.717, 1.165) is 29.6 Å². The van der Waals surface area contributed by atoms with Gasteiger partial charge in [0.2, 0.25) is 0 Å². The topological polar surface area (TPSA) is 69.9 Å². The third-order valence-corrected chi connectivity index (χ3v) is 30.1. The van der Waals surface area contributed by atoms with Gasteiger partial charge in [0.15, 0.2) is 16.6 Å². The largest absolute Gasteiger partial charge is 0.436 e. The van der Waals surface area contributed by atoms with Crippen LogP contribution < -0.4 is 0 Å². The molecule has 0 atom stereocenters. The first kappa shape index (κ1) is 38.2. The van der Waals surface area contributed by atoms with Crippen LogP contribution >= 0.6 is 0 Å². The van der Waals surface area contributed by atoms with Gasteiger partial charge >= 0.3 is 34.2 Å². The Morgan fingerprint density at radius 3 is 1.30 bits per heavy atom. The van der Waals surface area contributed by atoms with Crippen LogP contribution in [0.25, 0.3) is 11.1 Å². The minimum atomic E-state index is -2.53. The van der Waals surface area contributed by atoms with Gasteiger partial charge in [0.25, 0.3) is 0 Å². The minimum absolute atomic E-state index is 0.679. The second-order valence-electron chi connectivity index (χ2n) is 14.6. The van der Waals surface area contributed by atoms with Crippen LogP contribution in [0.1, 0.15) is 30.9 Å². The molecule has 6 nitrogen and oxygen atoms in total. The molecule has 0 amide bonds. The standard InChI is InChI=1S/C31H57NO5Si6/c1-14-15-25-38(2,3)33-40(6,7)35-42(10,11)37-43(12,13)36-41(8,9)34-39(4,5)26-24-28-16-20-30(21-17-28)31-22-18-29(27-32)19-23-31/h16-23H,14-15,24-26H2,1-13H3. The zero-order valence-corrected chi connectivity index (χ0v) is 35.1. The zero-order chi connectivity index (χ0) is 32.7. The molecular weight excluding hydrogens is 635 g/mol. The maximum atomic E-state index is 9.05. The van der Waals surface area contributed by atoms with Crippen LogP contribution in [-0.4, -0.2) is 50.9 Å². The van der Waals surface area contributed by atoms with Crippen molar-refractivity contribution in [2.24, 2.45) is 0 Å². The SMILES string of the molecule is CCCC[Si](C)(C)O[Si](C)(C)O[Si](C)(C)O[Si](C)(C)O[Si](C)(C)O[Si](C)(C)CCc1ccc(-c2ccc(C#N)cc2)cc1. The van der Waals surface area contributed by atoms with Gasteiger partial charge in [0, 0.05) is 0 Å². The molecule has 2 aromatic carbocycles. The van der Waals surface area contributed by atoms with Gasteiger partial charge in [-0.2, -0.15) is 5.26 Å². The van der Waals surface area contributed by atoms with E-state index in [1.807, 2.05) is 24.3 Å². The molecule has 12 heteroatoms. The fourth-order valence-electron chi connectivity index (χ4n) is 5.94. The molecule has 2 aromatic rings. The number of aryl methyl sites for hydroxylation is 1. The first-order valence-electron chi connectivity index (χ1n) is 15.7. The van der Waals surface area contributed by atoms with Crippen LogP contribution in [0.4, 0.5) is 0 Å². The molecule has 0 aliphatic carbocycles. The first-order chi connectivity index (χ1) is 19.6. The highest BCUT2D eigenvalue weighted by Crippen LogP contribution is 2.30. The average Bonchev–Trinajstić information content (AvgIpc) is 2.83. The molecule has 0 spiro atoms. The lowest BCUT2D eigenvalue weighted by atomic mass is 10.0. The van der Waals surface area contributed by atoms with Gasteiger partial charge < -0.3 is 20.6 Å². The van der Waals surface area contributed by atoms with Crippen LogP contribution in [-0.2, 0) is 27.0 Å². The Bertz CT molecular complexity index is 1210. The highest BCUT2D eigenvalue weighted by Gasteiger charge is 2.47. The highest BCUT2D eigenvalue weighted by atomic mass is 28.5. The van der Waals surface area contributed by atoms with Crippen LogP contribution in [0.5, 0.6) is 0 Å². The molecule has 0 unspecified atom stereocenters. The molecule has 0 aliphatic rings. The van der Waals surface area contributed by atoms with Gasteiger partial charge in [-0.3, -0.25) is 0 Å². The Balaban J connectivity index is 1.95. The van der Waals surface area contributed by atoms with Crippen molar-refractivity contribution in [3.05, 3.63) is 59.7 Å². The molecule has 2 rings (SSSR count). The predicted molar refractivity (Wildman–Crippen MR) is 195 cm³/mol. The molecule has 43 heavy (non-hydrogen) atoms. The second-order valence-corrected chi connectivity index (χ2v) is 37.9. The van der Waals surface area contributed by atoms with Gasteiger partial charge in [0.05, 0.1) is 11.6 Å². The van der Waals surface area contributed by atoms with Crippen molar-refractivity contribution in [3.63, 3.8) is 0 Å². The lowest BCUT2D eigenvalue weighted by Crippen LogP contribution is -2.60. The Kier molecular flexibility index (Phi) is 13.4. The molecule has 0 heterocycles. The van der Waals surface area contributed by atoms with E-state index in [2.05, 4.69) is 116 Å². The van der Waals surface area contributed by atoms with Crippen LogP contribution in [0, 0.1) is 11.3 Å². The van der Waals surface area contributed by atoms with Crippen molar-refractivity contribution in [2.75, 3.05) is 0 Å². The van der Waals surface area contributed by atoms with E-state index in [1.165, 1.54) is 18.4 Å². The van der Waals surface area contributed by atoms with Crippen molar-refractivity contribution >= 4 is 50.9 Å². The van der Waals surface area contributed by atoms with Crippen molar-refractivity contribution in [1.82, 2.24) is 0 Å². The third kappa shape index (κ3) is 14.3. The van der Waals surface area contributed by atoms with Gasteiger partial charge in [-0.05, 0) is 126 Å². The number of nitriles is 1. The van der Waals surface area contributed by atoms with Crippen LogP contribution in [0.2, 0.25) is 90.7 Å². The normalized spacial score (nSPS) is 13.7. The summed E-state index contributed by atoms with van der Waals surface area (Å²) in [7, 11) is -13.6. The molecule has 0 saturated heterocycles. The fraction of sp³-hybridized carbons (Fsp3) is 0.581. The second kappa shape index (κ2) is 15.1. The Hall–Kier alpha value is -0.969. The summed E-state index contributed by atoms with van der Waals surface area (Å²) in [4.78, 5) is 0. The van der Waals surface area contributed by atoms with Crippen molar-refractivity contribution < 1.29 is 20.6 Å². The number of hydrogen-bond donors (Lipinski definition) is 0. The third-order valence-electron chi connectivity index (χ3n) is 6.97. The number of rotatable bonds is 17. The quantitative estimate of drug-likeness (QED) is 0.154. The van der Waals surface area contributed by atoms with E-state index in [4.69, 9.17) is 25.8 Å². The molecule has 240 valence electrons. The van der Waals surface area contributed by atoms with E-state index < -0.39 is 50.9 Å². The van der Waals surface area contributed by atoms with Crippen LogP contribution in [0.3, 0.4) is 0 Å². The van der Waals surface area contributed by atoms with Crippen LogP contribution in [0.15, 0.2) is 48.5 Å². The molecule has 0 saturated carbocycles. The molecular formula is C31H57NO5Si6. The van der Waals surface area contributed by atoms with E-state index in [9.17, 15) is 0 Å². The molecule has 0 bridgehead atoms. The molecule has 0 aromatic heterocycles. The van der Waals surface area contributed by atoms with E-state index in [0.29, 0.717) is 5.56 Å². The number of benzene rings is 2. The van der Waals surface area contributed by atoms with Crippen molar-refractivity contribution in [3.8, 4) is 17.2 Å². The summed E-state index contributed by atoms with van der Waals surface area (Å²) in [6.45, 7) is 28.6. The number of unbranched alkanes of at least 4 members (excludes halogenated alkanes) is 1. The maximum Gasteiger partial charge on any atom is 0.314 e. The predicted octanol–water partition coefficient (Wildman–Crippen LogP) is 9.87. The summed E-state index contributed by atoms with van der Waals surface area (Å²) < 4.78 is 33.8. The number of nitrogens with zero attached hydrogens (tertiary/aromatic N) is 1. The first-order valence-corrected chi connectivity index (χ1v) is 33.2. The smallest absolute Gasteiger partial charge is 0.314 e. The Labute approximate surface area is 269 Å². The van der Waals surface area contributed by atoms with Gasteiger partial charge in [-0.1, -0.05) is 56.2 Å². The highest BCUT2D eigenvalue weighted by molar-refractivity contribution is 6.91. The molecule has 0 radical (unpaired) electrons. The van der Waals surface area contributed by atoms with Crippen molar-refractivity contribution in [1.29, 1.82) is 5.26 Å². The van der Waals surface area contributed by atoms with Gasteiger partial charge in [-0.15, -0.1) is 0 Å². The fourth-order valence-corrected chi connectivity index (χ4v) is 35.9. The van der Waals surface area contributed by atoms with E-state index in [-0.39, 0.29) is 0 Å². The lowest BCUT2D eigenvalue weighted by Gasteiger charge is -2.43. The molecule has 0 N–H and O–H groups in total. The van der Waals surface area contributed by atoms with Gasteiger partial charge in [-0.25, -0.2) is 0 Å².